The molecule has 0 radical (unpaired) electrons. The van der Waals surface area contributed by atoms with E-state index in [-0.39, 0.29) is 6.42 Å². The fraction of sp³-hybridized carbons (Fsp3) is 0.333. The lowest BCUT2D eigenvalue weighted by molar-refractivity contribution is -0.385. The number of carboxylic acids is 1. The Balaban J connectivity index is 0.000000626. The molecule has 0 amide bonds. The Morgan fingerprint density at radius 1 is 1.50 bits per heavy atom. The van der Waals surface area contributed by atoms with Gasteiger partial charge in [-0.3, -0.25) is 14.9 Å². The lowest BCUT2D eigenvalue weighted by Gasteiger charge is -2.06. The average Bonchev–Trinajstić information content (AvgIpc) is 2.41. The fourth-order valence-corrected chi connectivity index (χ4v) is 1.41. The van der Waals surface area contributed by atoms with Crippen LogP contribution in [-0.4, -0.2) is 39.2 Å². The number of hydrogen-bond acceptors (Lipinski definition) is 7. The first-order valence-electron chi connectivity index (χ1n) is 5.95. The number of benzene rings is 1. The van der Waals surface area contributed by atoms with Crippen molar-refractivity contribution in [3.05, 3.63) is 33.9 Å². The molecule has 0 saturated heterocycles. The van der Waals surface area contributed by atoms with Gasteiger partial charge in [-0.15, -0.1) is 0 Å². The molecule has 1 atom stereocenters. The standard InChI is InChI=1S/C9H10N2O5.C3H5ClO2/c10-6(9(13)14)3-5-1-2-8(12)7(4-5)11(15)16;1-2-6-3(4)5/h1-2,4,6,12H,3,10H2,(H,13,14);2H2,1H3. The Morgan fingerprint density at radius 2 is 2.09 bits per heavy atom. The van der Waals surface area contributed by atoms with Crippen molar-refractivity contribution in [1.82, 2.24) is 0 Å². The zero-order valence-electron chi connectivity index (χ0n) is 11.6. The molecule has 9 nitrogen and oxygen atoms in total. The maximum absolute atomic E-state index is 10.5. The highest BCUT2D eigenvalue weighted by Crippen LogP contribution is 2.26. The maximum Gasteiger partial charge on any atom is 0.403 e. The molecule has 0 spiro atoms. The van der Waals surface area contributed by atoms with Crippen LogP contribution >= 0.6 is 11.6 Å². The number of carbonyl (C=O) groups is 2. The number of carbonyl (C=O) groups excluding carboxylic acids is 1. The second-order valence-corrected chi connectivity index (χ2v) is 4.21. The van der Waals surface area contributed by atoms with Crippen LogP contribution in [0.5, 0.6) is 5.75 Å². The highest BCUT2D eigenvalue weighted by atomic mass is 35.5. The summed E-state index contributed by atoms with van der Waals surface area (Å²) in [6.45, 7) is 2.04. The summed E-state index contributed by atoms with van der Waals surface area (Å²) in [5.41, 5.74) is 4.47. The molecule has 0 bridgehead atoms. The van der Waals surface area contributed by atoms with E-state index in [4.69, 9.17) is 27.5 Å². The van der Waals surface area contributed by atoms with Gasteiger partial charge in [0.2, 0.25) is 0 Å². The van der Waals surface area contributed by atoms with Crippen molar-refractivity contribution in [3.63, 3.8) is 0 Å². The Labute approximate surface area is 130 Å². The van der Waals surface area contributed by atoms with Gasteiger partial charge in [-0.1, -0.05) is 6.07 Å². The van der Waals surface area contributed by atoms with E-state index in [0.717, 1.165) is 12.1 Å². The second-order valence-electron chi connectivity index (χ2n) is 3.90. The van der Waals surface area contributed by atoms with Crippen LogP contribution < -0.4 is 5.73 Å². The third-order valence-electron chi connectivity index (χ3n) is 2.27. The number of ether oxygens (including phenoxy) is 1. The van der Waals surface area contributed by atoms with E-state index in [1.54, 1.807) is 6.92 Å². The minimum atomic E-state index is -1.18. The summed E-state index contributed by atoms with van der Waals surface area (Å²) >= 11 is 4.72. The third kappa shape index (κ3) is 7.41. The van der Waals surface area contributed by atoms with Gasteiger partial charge in [0.05, 0.1) is 11.5 Å². The number of nitrogens with two attached hydrogens (primary N) is 1. The summed E-state index contributed by atoms with van der Waals surface area (Å²) in [5.74, 6) is -1.65. The van der Waals surface area contributed by atoms with Gasteiger partial charge in [0.15, 0.2) is 5.75 Å². The van der Waals surface area contributed by atoms with Gasteiger partial charge >= 0.3 is 17.1 Å². The van der Waals surface area contributed by atoms with Crippen molar-refractivity contribution < 1.29 is 29.5 Å². The van der Waals surface area contributed by atoms with E-state index < -0.39 is 33.8 Å². The molecule has 4 N–H and O–H groups in total. The summed E-state index contributed by atoms with van der Waals surface area (Å²) in [5, 5.41) is 28.2. The first-order chi connectivity index (χ1) is 10.2. The normalized spacial score (nSPS) is 10.9. The number of nitro benzene ring substituents is 1. The van der Waals surface area contributed by atoms with Crippen LogP contribution in [0.15, 0.2) is 18.2 Å². The predicted octanol–water partition coefficient (Wildman–Crippen LogP) is 1.64. The quantitative estimate of drug-likeness (QED) is 0.417. The molecule has 0 fully saturated rings. The van der Waals surface area contributed by atoms with Gasteiger partial charge in [0.25, 0.3) is 0 Å². The third-order valence-corrected chi connectivity index (χ3v) is 2.38. The molecule has 0 heterocycles. The van der Waals surface area contributed by atoms with Crippen molar-refractivity contribution >= 4 is 28.7 Å². The van der Waals surface area contributed by atoms with Crippen LogP contribution in [0, 0.1) is 10.1 Å². The van der Waals surface area contributed by atoms with Gasteiger partial charge in [-0.25, -0.2) is 4.79 Å². The van der Waals surface area contributed by atoms with Crippen LogP contribution in [0.4, 0.5) is 10.5 Å². The largest absolute Gasteiger partial charge is 0.502 e. The summed E-state index contributed by atoms with van der Waals surface area (Å²) in [4.78, 5) is 29.8. The van der Waals surface area contributed by atoms with Crippen molar-refractivity contribution in [2.75, 3.05) is 6.61 Å². The van der Waals surface area contributed by atoms with Crippen molar-refractivity contribution in [1.29, 1.82) is 0 Å². The van der Waals surface area contributed by atoms with Gasteiger partial charge in [-0.05, 0) is 25.0 Å². The molecule has 0 aliphatic rings. The topological polar surface area (TPSA) is 153 Å². The van der Waals surface area contributed by atoms with Gasteiger partial charge in [0, 0.05) is 17.7 Å². The molecule has 0 aliphatic carbocycles. The zero-order valence-corrected chi connectivity index (χ0v) is 12.3. The monoisotopic (exact) mass is 334 g/mol. The molecule has 1 rings (SSSR count). The first-order valence-corrected chi connectivity index (χ1v) is 6.33. The molecule has 22 heavy (non-hydrogen) atoms. The number of aliphatic carboxylic acids is 1. The van der Waals surface area contributed by atoms with Gasteiger partial charge < -0.3 is 20.7 Å². The molecule has 0 saturated carbocycles. The molecular weight excluding hydrogens is 320 g/mol. The number of carboxylic acid groups (broad SMARTS) is 1. The minimum Gasteiger partial charge on any atom is -0.502 e. The Kier molecular flexibility index (Phi) is 8.49. The average molecular weight is 335 g/mol. The number of rotatable bonds is 5. The Morgan fingerprint density at radius 3 is 2.45 bits per heavy atom. The smallest absolute Gasteiger partial charge is 0.403 e. The van der Waals surface area contributed by atoms with E-state index in [1.807, 2.05) is 0 Å². The Hall–Kier alpha value is -2.39. The molecule has 1 unspecified atom stereocenters. The Bertz CT molecular complexity index is 550. The molecule has 0 aromatic heterocycles. The van der Waals surface area contributed by atoms with Crippen LogP contribution in [0.3, 0.4) is 0 Å². The summed E-state index contributed by atoms with van der Waals surface area (Å²) < 4.78 is 4.17. The predicted molar refractivity (Wildman–Crippen MR) is 77.0 cm³/mol. The van der Waals surface area contributed by atoms with Crippen LogP contribution in [0.1, 0.15) is 12.5 Å². The molecular formula is C12H15ClN2O7. The fourth-order valence-electron chi connectivity index (χ4n) is 1.30. The highest BCUT2D eigenvalue weighted by Gasteiger charge is 2.17. The number of nitrogens with zero attached hydrogens (tertiary/aromatic N) is 1. The molecule has 122 valence electrons. The number of hydrogen-bond donors (Lipinski definition) is 3. The number of phenolic OH excluding ortho intramolecular Hbond substituents is 1. The van der Waals surface area contributed by atoms with E-state index in [1.165, 1.54) is 6.07 Å². The van der Waals surface area contributed by atoms with Crippen LogP contribution in [0.2, 0.25) is 0 Å². The summed E-state index contributed by atoms with van der Waals surface area (Å²) in [6, 6.07) is 2.52. The van der Waals surface area contributed by atoms with Crippen LogP contribution in [0.25, 0.3) is 0 Å². The summed E-state index contributed by atoms with van der Waals surface area (Å²) in [6.07, 6.45) is -0.0313. The van der Waals surface area contributed by atoms with E-state index >= 15 is 0 Å². The summed E-state index contributed by atoms with van der Waals surface area (Å²) in [7, 11) is 0. The zero-order chi connectivity index (χ0) is 17.3. The second kappa shape index (κ2) is 9.53. The van der Waals surface area contributed by atoms with Crippen molar-refractivity contribution in [2.24, 2.45) is 5.73 Å². The van der Waals surface area contributed by atoms with Crippen molar-refractivity contribution in [3.8, 4) is 5.75 Å². The van der Waals surface area contributed by atoms with E-state index in [9.17, 15) is 19.7 Å². The van der Waals surface area contributed by atoms with Crippen molar-refractivity contribution in [2.45, 2.75) is 19.4 Å². The lowest BCUT2D eigenvalue weighted by atomic mass is 10.1. The highest BCUT2D eigenvalue weighted by molar-refractivity contribution is 6.61. The SMILES string of the molecule is CCOC(=O)Cl.NC(Cc1ccc(O)c([N+](=O)[O-])c1)C(=O)O. The van der Waals surface area contributed by atoms with Crippen LogP contribution in [-0.2, 0) is 16.0 Å². The number of halogens is 1. The number of nitro groups is 1. The first kappa shape index (κ1) is 19.6. The van der Waals surface area contributed by atoms with E-state index in [0.29, 0.717) is 12.2 Å². The lowest BCUT2D eigenvalue weighted by Crippen LogP contribution is -2.32. The molecule has 1 aromatic rings. The van der Waals surface area contributed by atoms with Gasteiger partial charge in [0.1, 0.15) is 6.04 Å². The maximum atomic E-state index is 10.5. The van der Waals surface area contributed by atoms with E-state index in [2.05, 4.69) is 4.74 Å². The number of phenols is 1. The molecule has 0 aliphatic heterocycles. The number of aromatic hydroxyl groups is 1. The molecule has 10 heteroatoms. The minimum absolute atomic E-state index is 0.0313. The van der Waals surface area contributed by atoms with Gasteiger partial charge in [-0.2, -0.15) is 0 Å². The molecule has 1 aromatic carbocycles.